The van der Waals surface area contributed by atoms with Crippen LogP contribution in [0.5, 0.6) is 0 Å². The lowest BCUT2D eigenvalue weighted by molar-refractivity contribution is 0.0554. The summed E-state index contributed by atoms with van der Waals surface area (Å²) in [5, 5.41) is 9.50. The molecule has 0 bridgehead atoms. The molecule has 0 spiro atoms. The molecule has 0 unspecified atom stereocenters. The fraction of sp³-hybridized carbons (Fsp3) is 0.667. The van der Waals surface area contributed by atoms with E-state index in [-0.39, 0.29) is 12.0 Å². The Hall–Kier alpha value is -1.66. The molecule has 1 atom stereocenters. The van der Waals surface area contributed by atoms with Gasteiger partial charge in [0.05, 0.1) is 11.7 Å². The van der Waals surface area contributed by atoms with E-state index in [1.165, 1.54) is 19.3 Å². The second-order valence-electron chi connectivity index (χ2n) is 6.86. The average molecular weight is 332 g/mol. The van der Waals surface area contributed by atoms with Crippen molar-refractivity contribution < 1.29 is 9.90 Å². The van der Waals surface area contributed by atoms with Crippen LogP contribution in [0, 0.1) is 0 Å². The quantitative estimate of drug-likeness (QED) is 0.898. The van der Waals surface area contributed by atoms with Gasteiger partial charge in [-0.25, -0.2) is 4.98 Å². The van der Waals surface area contributed by atoms with Crippen LogP contribution in [-0.2, 0) is 0 Å². The molecular formula is C18H28N4O2. The third kappa shape index (κ3) is 4.05. The highest BCUT2D eigenvalue weighted by Gasteiger charge is 2.26. The van der Waals surface area contributed by atoms with Gasteiger partial charge in [-0.05, 0) is 38.3 Å². The number of piperidine rings is 1. The van der Waals surface area contributed by atoms with Gasteiger partial charge in [-0.2, -0.15) is 0 Å². The number of aliphatic hydroxyl groups is 1. The maximum absolute atomic E-state index is 13.0. The van der Waals surface area contributed by atoms with Crippen molar-refractivity contribution in [3.63, 3.8) is 0 Å². The molecule has 132 valence electrons. The van der Waals surface area contributed by atoms with Crippen LogP contribution in [0.25, 0.3) is 0 Å². The van der Waals surface area contributed by atoms with E-state index in [1.807, 2.05) is 17.0 Å². The molecule has 1 aromatic rings. The number of hydrogen-bond acceptors (Lipinski definition) is 5. The van der Waals surface area contributed by atoms with Gasteiger partial charge in [0.2, 0.25) is 0 Å². The third-order valence-electron chi connectivity index (χ3n) is 4.85. The van der Waals surface area contributed by atoms with Crippen molar-refractivity contribution in [3.8, 4) is 0 Å². The molecule has 0 aliphatic carbocycles. The standard InChI is InChI=1S/C18H28N4O2/c1-15(23)14-20-10-12-22(13-11-20)18(24)16-6-5-7-19-17(16)21-8-3-2-4-9-21/h5-7,15,23H,2-4,8-14H2,1H3/t15-/m1/s1. The Bertz CT molecular complexity index is 550. The zero-order valence-corrected chi connectivity index (χ0v) is 14.5. The van der Waals surface area contributed by atoms with Crippen LogP contribution in [0.15, 0.2) is 18.3 Å². The zero-order valence-electron chi connectivity index (χ0n) is 14.5. The van der Waals surface area contributed by atoms with Crippen LogP contribution in [0.3, 0.4) is 0 Å². The highest BCUT2D eigenvalue weighted by Crippen LogP contribution is 2.23. The minimum atomic E-state index is -0.323. The van der Waals surface area contributed by atoms with E-state index in [0.29, 0.717) is 19.6 Å². The first kappa shape index (κ1) is 17.2. The van der Waals surface area contributed by atoms with Crippen molar-refractivity contribution in [3.05, 3.63) is 23.9 Å². The number of carbonyl (C=O) groups excluding carboxylic acids is 1. The highest BCUT2D eigenvalue weighted by molar-refractivity contribution is 5.99. The fourth-order valence-electron chi connectivity index (χ4n) is 3.60. The summed E-state index contributed by atoms with van der Waals surface area (Å²) in [6.07, 6.45) is 5.06. The Labute approximate surface area is 144 Å². The Kier molecular flexibility index (Phi) is 5.68. The summed E-state index contributed by atoms with van der Waals surface area (Å²) >= 11 is 0. The molecule has 3 rings (SSSR count). The van der Waals surface area contributed by atoms with Gasteiger partial charge in [0.1, 0.15) is 5.82 Å². The second-order valence-corrected chi connectivity index (χ2v) is 6.86. The maximum Gasteiger partial charge on any atom is 0.257 e. The van der Waals surface area contributed by atoms with E-state index in [1.54, 1.807) is 13.1 Å². The van der Waals surface area contributed by atoms with E-state index in [9.17, 15) is 9.90 Å². The normalized spacial score (nSPS) is 20.9. The third-order valence-corrected chi connectivity index (χ3v) is 4.85. The van der Waals surface area contributed by atoms with E-state index in [4.69, 9.17) is 0 Å². The van der Waals surface area contributed by atoms with E-state index in [2.05, 4.69) is 14.8 Å². The molecular weight excluding hydrogens is 304 g/mol. The van der Waals surface area contributed by atoms with Crippen molar-refractivity contribution in [2.24, 2.45) is 0 Å². The molecule has 1 aromatic heterocycles. The summed E-state index contributed by atoms with van der Waals surface area (Å²) in [6, 6.07) is 3.76. The Balaban J connectivity index is 1.67. The SMILES string of the molecule is C[C@@H](O)CN1CCN(C(=O)c2cccnc2N2CCCCC2)CC1. The predicted molar refractivity (Wildman–Crippen MR) is 94.3 cm³/mol. The van der Waals surface area contributed by atoms with Crippen molar-refractivity contribution in [2.75, 3.05) is 50.7 Å². The van der Waals surface area contributed by atoms with E-state index < -0.39 is 0 Å². The number of aromatic nitrogens is 1. The van der Waals surface area contributed by atoms with Gasteiger partial charge in [-0.1, -0.05) is 0 Å². The Morgan fingerprint density at radius 1 is 1.17 bits per heavy atom. The van der Waals surface area contributed by atoms with Crippen LogP contribution in [-0.4, -0.2) is 77.7 Å². The molecule has 1 N–H and O–H groups in total. The monoisotopic (exact) mass is 332 g/mol. The number of carbonyl (C=O) groups is 1. The van der Waals surface area contributed by atoms with Gasteiger partial charge < -0.3 is 14.9 Å². The zero-order chi connectivity index (χ0) is 16.9. The molecule has 0 aromatic carbocycles. The highest BCUT2D eigenvalue weighted by atomic mass is 16.3. The topological polar surface area (TPSA) is 59.9 Å². The van der Waals surface area contributed by atoms with Gasteiger partial charge in [0, 0.05) is 52.0 Å². The number of β-amino-alcohol motifs (C(OH)–C–C–N with tert-alkyl or cyclic N) is 1. The summed E-state index contributed by atoms with van der Waals surface area (Å²) in [6.45, 7) is 7.50. The summed E-state index contributed by atoms with van der Waals surface area (Å²) in [5.74, 6) is 0.925. The number of amides is 1. The predicted octanol–water partition coefficient (Wildman–Crippen LogP) is 1.21. The number of pyridine rings is 1. The molecule has 3 heterocycles. The number of piperazine rings is 1. The molecule has 1 amide bonds. The van der Waals surface area contributed by atoms with Crippen molar-refractivity contribution >= 4 is 11.7 Å². The number of anilines is 1. The maximum atomic E-state index is 13.0. The van der Waals surface area contributed by atoms with Gasteiger partial charge in [-0.3, -0.25) is 9.69 Å². The molecule has 24 heavy (non-hydrogen) atoms. The summed E-state index contributed by atoms with van der Waals surface area (Å²) in [7, 11) is 0. The second kappa shape index (κ2) is 7.94. The molecule has 0 radical (unpaired) electrons. The molecule has 2 saturated heterocycles. The van der Waals surface area contributed by atoms with Crippen molar-refractivity contribution in [1.29, 1.82) is 0 Å². The van der Waals surface area contributed by atoms with E-state index in [0.717, 1.165) is 37.6 Å². The van der Waals surface area contributed by atoms with E-state index >= 15 is 0 Å². The van der Waals surface area contributed by atoms with Crippen LogP contribution in [0.2, 0.25) is 0 Å². The van der Waals surface area contributed by atoms with Crippen LogP contribution >= 0.6 is 0 Å². The van der Waals surface area contributed by atoms with Crippen molar-refractivity contribution in [2.45, 2.75) is 32.3 Å². The summed E-state index contributed by atoms with van der Waals surface area (Å²) in [4.78, 5) is 23.9. The smallest absolute Gasteiger partial charge is 0.257 e. The molecule has 2 aliphatic rings. The Morgan fingerprint density at radius 3 is 2.54 bits per heavy atom. The van der Waals surface area contributed by atoms with Crippen LogP contribution in [0.4, 0.5) is 5.82 Å². The molecule has 2 fully saturated rings. The number of aliphatic hydroxyl groups excluding tert-OH is 1. The lowest BCUT2D eigenvalue weighted by Crippen LogP contribution is -2.50. The largest absolute Gasteiger partial charge is 0.392 e. The minimum absolute atomic E-state index is 0.0837. The van der Waals surface area contributed by atoms with Crippen molar-refractivity contribution in [1.82, 2.24) is 14.8 Å². The van der Waals surface area contributed by atoms with Gasteiger partial charge in [0.25, 0.3) is 5.91 Å². The first-order valence-electron chi connectivity index (χ1n) is 9.05. The average Bonchev–Trinajstić information content (AvgIpc) is 2.62. The van der Waals surface area contributed by atoms with Gasteiger partial charge in [-0.15, -0.1) is 0 Å². The van der Waals surface area contributed by atoms with Crippen LogP contribution in [0.1, 0.15) is 36.5 Å². The molecule has 2 aliphatic heterocycles. The number of rotatable bonds is 4. The fourth-order valence-corrected chi connectivity index (χ4v) is 3.60. The van der Waals surface area contributed by atoms with Gasteiger partial charge >= 0.3 is 0 Å². The Morgan fingerprint density at radius 2 is 1.88 bits per heavy atom. The van der Waals surface area contributed by atoms with Gasteiger partial charge in [0.15, 0.2) is 0 Å². The number of hydrogen-bond donors (Lipinski definition) is 1. The summed E-state index contributed by atoms with van der Waals surface area (Å²) in [5.41, 5.74) is 0.725. The molecule has 6 heteroatoms. The first-order valence-corrected chi connectivity index (χ1v) is 9.05. The van der Waals surface area contributed by atoms with Crippen LogP contribution < -0.4 is 4.90 Å². The molecule has 6 nitrogen and oxygen atoms in total. The summed E-state index contributed by atoms with van der Waals surface area (Å²) < 4.78 is 0. The first-order chi connectivity index (χ1) is 11.6. The lowest BCUT2D eigenvalue weighted by Gasteiger charge is -2.36. The minimum Gasteiger partial charge on any atom is -0.392 e. The lowest BCUT2D eigenvalue weighted by atomic mass is 10.1. The molecule has 0 saturated carbocycles. The number of nitrogens with zero attached hydrogens (tertiary/aromatic N) is 4.